The van der Waals surface area contributed by atoms with Gasteiger partial charge in [-0.3, -0.25) is 0 Å². The summed E-state index contributed by atoms with van der Waals surface area (Å²) in [6.07, 6.45) is 7.89. The second kappa shape index (κ2) is 33.6. The highest BCUT2D eigenvalue weighted by molar-refractivity contribution is 6.08. The summed E-state index contributed by atoms with van der Waals surface area (Å²) in [6, 6.07) is 47.9. The van der Waals surface area contributed by atoms with Crippen LogP contribution in [-0.2, 0) is 86.6 Å². The standard InChI is InChI=1S/C136H174N2O8/c1-75(2)63-143-117-107-99(121(9,10)67-129(107,25)26)93(100-108(117)130(27,28)68-122(100,11)12)79-41-49-83(50-42-79)137(84-51-43-80(44-52-84)94-101-109(131(29,30)69-123(101,13)14)118(144-64-76(3)4)110-102(94)124(15,16)70-132(110,31)32)87-57-59-89(91(139)61-87)97-115(141)98(116(97)142)90-60-58-88(62-92(90)140)138(85-53-45-81(46-54-85)95-103-111(133(33,34)71-125(103,17)18)119(145-65-77(5)6)112-104(95)126(19,20)72-134(112,35)36)86-55-47-82(48-56-86)96-105-113(135(37,38)73-127(105,21)22)120(146-66-78(7)8)114-106(96)128(23,24)74-136(114,39)40/h41-62,75-78,139-142H,63-74H2,1-40H3. The van der Waals surface area contributed by atoms with E-state index < -0.39 is 0 Å². The summed E-state index contributed by atoms with van der Waals surface area (Å²) in [6.45, 7) is 98.5. The van der Waals surface area contributed by atoms with E-state index in [0.29, 0.717) is 61.5 Å². The quantitative estimate of drug-likeness (QED) is 0.0465. The molecule has 10 heteroatoms. The predicted molar refractivity (Wildman–Crippen MR) is 613 cm³/mol. The molecule has 0 atom stereocenters. The average molecular weight is 1960 g/mol. The number of nitrogens with zero attached hydrogens (tertiary/aromatic N) is 2. The summed E-state index contributed by atoms with van der Waals surface area (Å²) in [5.41, 5.74) is 34.8. The molecule has 0 heterocycles. The Balaban J connectivity index is 0.738. The Labute approximate surface area is 877 Å². The van der Waals surface area contributed by atoms with Gasteiger partial charge in [0.1, 0.15) is 46.0 Å². The van der Waals surface area contributed by atoms with Crippen molar-refractivity contribution in [2.45, 2.75) is 415 Å². The third-order valence-corrected chi connectivity index (χ3v) is 35.6. The topological polar surface area (TPSA) is 124 Å². The maximum absolute atomic E-state index is 13.0. The first-order chi connectivity index (χ1) is 67.3. The molecule has 0 saturated heterocycles. The van der Waals surface area contributed by atoms with Crippen LogP contribution in [0.25, 0.3) is 55.7 Å². The highest BCUT2D eigenvalue weighted by atomic mass is 16.5. The molecule has 0 aliphatic heterocycles. The van der Waals surface area contributed by atoms with Gasteiger partial charge in [0.15, 0.2) is 0 Å². The molecule has 0 radical (unpaired) electrons. The summed E-state index contributed by atoms with van der Waals surface area (Å²) in [5, 5.41) is 51.7. The molecule has 0 aromatic heterocycles. The normalized spacial score (nSPS) is 21.1. The lowest BCUT2D eigenvalue weighted by atomic mass is 9.74. The number of phenolic OH excluding ortho intramolecular Hbond substituents is 2. The summed E-state index contributed by atoms with van der Waals surface area (Å²) in [5.74, 6) is 5.08. The van der Waals surface area contributed by atoms with Crippen molar-refractivity contribution in [1.29, 1.82) is 0 Å². The number of anilines is 6. The van der Waals surface area contributed by atoms with Crippen molar-refractivity contribution in [3.8, 4) is 79.0 Å². The number of aromatic hydroxyl groups is 2. The molecule has 10 nitrogen and oxygen atoms in total. The van der Waals surface area contributed by atoms with Crippen molar-refractivity contribution in [1.82, 2.24) is 0 Å². The van der Waals surface area contributed by atoms with Crippen LogP contribution in [0.15, 0.2) is 145 Å². The Morgan fingerprint density at radius 1 is 0.205 bits per heavy atom. The van der Waals surface area contributed by atoms with Gasteiger partial charge >= 0.3 is 0 Å². The van der Waals surface area contributed by atoms with Crippen LogP contribution < -0.4 is 28.7 Å². The van der Waals surface area contributed by atoms with Gasteiger partial charge in [0, 0.05) is 102 Å². The maximum Gasteiger partial charge on any atom is 0.139 e. The molecule has 0 amide bonds. The van der Waals surface area contributed by atoms with E-state index in [1.165, 1.54) is 111 Å². The molecule has 0 saturated carbocycles. The number of ether oxygens (including phenoxy) is 4. The van der Waals surface area contributed by atoms with Gasteiger partial charge in [0.05, 0.1) is 37.6 Å². The number of allylic oxidation sites excluding steroid dienone is 2. The molecule has 0 fully saturated rings. The number of phenols is 2. The van der Waals surface area contributed by atoms with Crippen LogP contribution in [0.1, 0.15) is 428 Å². The second-order valence-electron chi connectivity index (χ2n) is 58.9. The molecule has 146 heavy (non-hydrogen) atoms. The lowest BCUT2D eigenvalue weighted by molar-refractivity contribution is 0.257. The van der Waals surface area contributed by atoms with E-state index in [1.807, 2.05) is 24.3 Å². The molecule has 10 aromatic carbocycles. The Bertz CT molecular complexity index is 6100. The van der Waals surface area contributed by atoms with E-state index in [4.69, 9.17) is 18.9 Å². The number of aliphatic hydroxyl groups is 2. The number of hydrogen-bond donors (Lipinski definition) is 4. The van der Waals surface area contributed by atoms with E-state index in [0.717, 1.165) is 119 Å². The lowest BCUT2D eigenvalue weighted by Crippen LogP contribution is -2.21. The van der Waals surface area contributed by atoms with Crippen molar-refractivity contribution in [3.63, 3.8) is 0 Å². The molecule has 4 N–H and O–H groups in total. The molecule has 10 aromatic rings. The number of fused-ring (bicyclic) bond motifs is 8. The zero-order valence-electron chi connectivity index (χ0n) is 96.8. The fourth-order valence-electron chi connectivity index (χ4n) is 33.1. The minimum atomic E-state index is -0.239. The molecular weight excluding hydrogens is 1790 g/mol. The Hall–Kier alpha value is -10.3. The zero-order chi connectivity index (χ0) is 107. The second-order valence-corrected chi connectivity index (χ2v) is 58.9. The van der Waals surface area contributed by atoms with Crippen LogP contribution >= 0.6 is 0 Å². The molecule has 0 bridgehead atoms. The van der Waals surface area contributed by atoms with Crippen molar-refractivity contribution in [2.75, 3.05) is 36.2 Å². The first-order valence-electron chi connectivity index (χ1n) is 55.4. The van der Waals surface area contributed by atoms with Gasteiger partial charge in [-0.15, -0.1) is 0 Å². The lowest BCUT2D eigenvalue weighted by Gasteiger charge is -2.33. The van der Waals surface area contributed by atoms with E-state index in [9.17, 15) is 20.4 Å². The third kappa shape index (κ3) is 16.3. The summed E-state index contributed by atoms with van der Waals surface area (Å²) in [4.78, 5) is 4.47. The minimum absolute atomic E-state index is 0.0891. The van der Waals surface area contributed by atoms with E-state index in [1.54, 1.807) is 12.1 Å². The number of rotatable bonds is 24. The van der Waals surface area contributed by atoms with E-state index >= 15 is 0 Å². The van der Waals surface area contributed by atoms with Gasteiger partial charge in [0.25, 0.3) is 0 Å². The van der Waals surface area contributed by atoms with Crippen molar-refractivity contribution in [2.24, 2.45) is 23.7 Å². The molecule has 0 spiro atoms. The highest BCUT2D eigenvalue weighted by Gasteiger charge is 2.61. The van der Waals surface area contributed by atoms with Crippen molar-refractivity contribution >= 4 is 45.3 Å². The number of benzene rings is 10. The van der Waals surface area contributed by atoms with Crippen LogP contribution in [0, 0.1) is 23.7 Å². The van der Waals surface area contributed by atoms with E-state index in [-0.39, 0.29) is 132 Å². The molecule has 9 aliphatic carbocycles. The van der Waals surface area contributed by atoms with E-state index in [2.05, 4.69) is 384 Å². The largest absolute Gasteiger partial charge is 0.507 e. The molecule has 776 valence electrons. The van der Waals surface area contributed by atoms with Gasteiger partial charge in [-0.1, -0.05) is 325 Å². The summed E-state index contributed by atoms with van der Waals surface area (Å²) in [7, 11) is 0. The van der Waals surface area contributed by atoms with Gasteiger partial charge < -0.3 is 49.2 Å². The zero-order valence-corrected chi connectivity index (χ0v) is 96.8. The Morgan fingerprint density at radius 2 is 0.349 bits per heavy atom. The predicted octanol–water partition coefficient (Wildman–Crippen LogP) is 36.8. The van der Waals surface area contributed by atoms with Crippen LogP contribution in [0.4, 0.5) is 34.1 Å². The van der Waals surface area contributed by atoms with Crippen molar-refractivity contribution in [3.05, 3.63) is 245 Å². The highest BCUT2D eigenvalue weighted by Crippen LogP contribution is 2.72. The SMILES string of the molecule is CC(C)COc1c2c(c(-c3ccc(N(c4ccc(-c5c6c(c(OCC(C)C)c7c5C(C)(C)CC7(C)C)C(C)(C)CC6(C)C)cc4)c4ccc(C5=C(O)C(c6ccc(N(c7ccc(-c8c9c(c(OCC(C)C)c%10c8C(C)(C)CC%10(C)C)C(C)(C)CC9(C)C)cc7)c7ccc(-c8c9c(c(OCC(C)C)c%10c8C(C)(C)CC%10(C)C)C(C)(C)CC9(C)C)cc7)cc6O)=C5O)c(O)c4)cc3)c3c1C(C)(C)CC3(C)C)C(C)(C)CC2(C)C. The third-order valence-electron chi connectivity index (χ3n) is 35.6. The fourth-order valence-corrected chi connectivity index (χ4v) is 33.1. The van der Waals surface area contributed by atoms with Crippen LogP contribution in [0.2, 0.25) is 0 Å². The van der Waals surface area contributed by atoms with Gasteiger partial charge in [-0.25, -0.2) is 0 Å². The van der Waals surface area contributed by atoms with Crippen LogP contribution in [0.5, 0.6) is 34.5 Å². The maximum atomic E-state index is 13.0. The van der Waals surface area contributed by atoms with Crippen LogP contribution in [0.3, 0.4) is 0 Å². The average Bonchev–Trinajstić information content (AvgIpc) is 1.53. The summed E-state index contributed by atoms with van der Waals surface area (Å²) >= 11 is 0. The number of hydrogen-bond acceptors (Lipinski definition) is 10. The molecular formula is C136H174N2O8. The van der Waals surface area contributed by atoms with Gasteiger partial charge in [-0.2, -0.15) is 0 Å². The summed E-state index contributed by atoms with van der Waals surface area (Å²) < 4.78 is 28.9. The van der Waals surface area contributed by atoms with Gasteiger partial charge in [0.2, 0.25) is 0 Å². The minimum Gasteiger partial charge on any atom is -0.507 e. The number of aliphatic hydroxyl groups excluding tert-OH is 2. The Morgan fingerprint density at radius 3 is 0.493 bits per heavy atom. The Kier molecular flexibility index (Phi) is 24.0. The first-order valence-corrected chi connectivity index (χ1v) is 55.4. The monoisotopic (exact) mass is 1960 g/mol. The smallest absolute Gasteiger partial charge is 0.139 e. The first kappa shape index (κ1) is 104. The molecule has 19 rings (SSSR count). The van der Waals surface area contributed by atoms with Crippen molar-refractivity contribution < 1.29 is 39.4 Å². The fraction of sp³-hybridized carbons (Fsp3) is 0.529. The molecule has 0 unspecified atom stereocenters. The van der Waals surface area contributed by atoms with Crippen LogP contribution in [-0.4, -0.2) is 46.9 Å². The van der Waals surface area contributed by atoms with Gasteiger partial charge in [-0.05, 0) is 323 Å². The molecule has 9 aliphatic rings.